The molecule has 10 heavy (non-hydrogen) atoms. The highest BCUT2D eigenvalue weighted by atomic mass is 19.1. The van der Waals surface area contributed by atoms with E-state index < -0.39 is 0 Å². The van der Waals surface area contributed by atoms with Crippen LogP contribution in [0.2, 0.25) is 0 Å². The summed E-state index contributed by atoms with van der Waals surface area (Å²) in [5, 5.41) is 0. The van der Waals surface area contributed by atoms with Gasteiger partial charge in [0, 0.05) is 0 Å². The number of aryl methyl sites for hydroxylation is 2. The van der Waals surface area contributed by atoms with E-state index in [-0.39, 0.29) is 5.82 Å². The van der Waals surface area contributed by atoms with E-state index in [4.69, 9.17) is 0 Å². The van der Waals surface area contributed by atoms with Gasteiger partial charge < -0.3 is 0 Å². The fraction of sp³-hybridized carbons (Fsp3) is 0.333. The van der Waals surface area contributed by atoms with Crippen molar-refractivity contribution >= 4 is 0 Å². The zero-order valence-corrected chi connectivity index (χ0v) is 6.46. The van der Waals surface area contributed by atoms with E-state index in [1.807, 2.05) is 13.0 Å². The summed E-state index contributed by atoms with van der Waals surface area (Å²) in [6, 6.07) is 4.65. The lowest BCUT2D eigenvalue weighted by atomic mass is 10.1. The summed E-state index contributed by atoms with van der Waals surface area (Å²) in [6.45, 7) is 5.39. The van der Waals surface area contributed by atoms with Crippen LogP contribution in [0, 0.1) is 32.7 Å². The Morgan fingerprint density at radius 1 is 1.30 bits per heavy atom. The van der Waals surface area contributed by atoms with Gasteiger partial charge in [-0.25, -0.2) is 4.39 Å². The molecular formula is C9H10F. The maximum absolute atomic E-state index is 13.0. The average molecular weight is 137 g/mol. The Kier molecular flexibility index (Phi) is 1.75. The normalized spacial score (nSPS) is 10.0. The van der Waals surface area contributed by atoms with Gasteiger partial charge in [-0.3, -0.25) is 0 Å². The Balaban J connectivity index is 3.34. The van der Waals surface area contributed by atoms with Crippen molar-refractivity contribution in [3.63, 3.8) is 0 Å². The van der Waals surface area contributed by atoms with E-state index in [1.54, 1.807) is 13.8 Å². The molecule has 0 aliphatic rings. The third-order valence-corrected chi connectivity index (χ3v) is 1.76. The summed E-state index contributed by atoms with van der Waals surface area (Å²) < 4.78 is 13.0. The van der Waals surface area contributed by atoms with E-state index in [9.17, 15) is 4.39 Å². The maximum atomic E-state index is 13.0. The molecule has 0 bridgehead atoms. The van der Waals surface area contributed by atoms with Crippen molar-refractivity contribution in [2.75, 3.05) is 0 Å². The first kappa shape index (κ1) is 7.26. The van der Waals surface area contributed by atoms with Crippen molar-refractivity contribution in [1.82, 2.24) is 0 Å². The highest BCUT2D eigenvalue weighted by Crippen LogP contribution is 2.13. The van der Waals surface area contributed by atoms with Crippen molar-refractivity contribution in [1.29, 1.82) is 0 Å². The molecule has 1 aromatic rings. The van der Waals surface area contributed by atoms with Gasteiger partial charge in [-0.1, -0.05) is 6.07 Å². The van der Waals surface area contributed by atoms with Crippen LogP contribution in [0.3, 0.4) is 0 Å². The second kappa shape index (κ2) is 2.41. The summed E-state index contributed by atoms with van der Waals surface area (Å²) in [5.74, 6) is -0.125. The number of halogens is 1. The topological polar surface area (TPSA) is 0 Å². The molecule has 1 aromatic carbocycles. The van der Waals surface area contributed by atoms with E-state index in [0.717, 1.165) is 11.1 Å². The number of rotatable bonds is 0. The van der Waals surface area contributed by atoms with Gasteiger partial charge in [0.2, 0.25) is 0 Å². The first-order valence-electron chi connectivity index (χ1n) is 3.27. The van der Waals surface area contributed by atoms with Crippen LogP contribution in [0.5, 0.6) is 0 Å². The number of benzene rings is 1. The lowest BCUT2D eigenvalue weighted by Gasteiger charge is -2.02. The molecule has 0 saturated carbocycles. The molecule has 0 spiro atoms. The fourth-order valence-corrected chi connectivity index (χ4v) is 0.842. The van der Waals surface area contributed by atoms with Crippen LogP contribution in [-0.4, -0.2) is 0 Å². The van der Waals surface area contributed by atoms with Gasteiger partial charge in [0.25, 0.3) is 0 Å². The van der Waals surface area contributed by atoms with Gasteiger partial charge in [0.15, 0.2) is 0 Å². The molecule has 1 heteroatoms. The van der Waals surface area contributed by atoms with Crippen LogP contribution < -0.4 is 0 Å². The molecule has 53 valence electrons. The molecule has 0 nitrogen and oxygen atoms in total. The largest absolute Gasteiger partial charge is 0.206 e. The Morgan fingerprint density at radius 2 is 1.90 bits per heavy atom. The predicted octanol–water partition coefficient (Wildman–Crippen LogP) is 2.55. The molecule has 1 radical (unpaired) electrons. The van der Waals surface area contributed by atoms with Crippen LogP contribution in [0.4, 0.5) is 4.39 Å². The Morgan fingerprint density at radius 3 is 2.40 bits per heavy atom. The van der Waals surface area contributed by atoms with E-state index in [2.05, 4.69) is 6.07 Å². The standard InChI is InChI=1S/C9H10F/c1-6-4-5-7(2)9(10)8(6)3/h4H,1-3H3. The number of hydrogen-bond acceptors (Lipinski definition) is 0. The van der Waals surface area contributed by atoms with Crippen LogP contribution in [0.1, 0.15) is 16.7 Å². The molecule has 0 aromatic heterocycles. The zero-order valence-electron chi connectivity index (χ0n) is 6.46. The molecule has 0 N–H and O–H groups in total. The quantitative estimate of drug-likeness (QED) is 0.515. The van der Waals surface area contributed by atoms with Crippen molar-refractivity contribution in [3.8, 4) is 0 Å². The highest BCUT2D eigenvalue weighted by molar-refractivity contribution is 5.30. The molecular weight excluding hydrogens is 127 g/mol. The Hall–Kier alpha value is -0.850. The lowest BCUT2D eigenvalue weighted by molar-refractivity contribution is 0.607. The minimum atomic E-state index is -0.125. The summed E-state index contributed by atoms with van der Waals surface area (Å²) >= 11 is 0. The molecule has 0 unspecified atom stereocenters. The zero-order chi connectivity index (χ0) is 7.72. The smallest absolute Gasteiger partial charge is 0.129 e. The maximum Gasteiger partial charge on any atom is 0.129 e. The Labute approximate surface area is 60.7 Å². The van der Waals surface area contributed by atoms with Crippen molar-refractivity contribution < 1.29 is 4.39 Å². The molecule has 0 heterocycles. The van der Waals surface area contributed by atoms with E-state index in [0.29, 0.717) is 5.56 Å². The van der Waals surface area contributed by atoms with E-state index in [1.165, 1.54) is 0 Å². The monoisotopic (exact) mass is 137 g/mol. The van der Waals surface area contributed by atoms with Crippen LogP contribution in [0.15, 0.2) is 6.07 Å². The predicted molar refractivity (Wildman–Crippen MR) is 39.4 cm³/mol. The van der Waals surface area contributed by atoms with Gasteiger partial charge >= 0.3 is 0 Å². The summed E-state index contributed by atoms with van der Waals surface area (Å²) in [6.07, 6.45) is 0. The molecule has 0 aliphatic heterocycles. The van der Waals surface area contributed by atoms with Gasteiger partial charge in [0.05, 0.1) is 0 Å². The minimum absolute atomic E-state index is 0.125. The highest BCUT2D eigenvalue weighted by Gasteiger charge is 2.02. The lowest BCUT2D eigenvalue weighted by Crippen LogP contribution is -1.90. The molecule has 0 aliphatic carbocycles. The third-order valence-electron chi connectivity index (χ3n) is 1.76. The third kappa shape index (κ3) is 1.04. The average Bonchev–Trinajstić information content (AvgIpc) is 1.93. The van der Waals surface area contributed by atoms with Gasteiger partial charge in [-0.15, -0.1) is 0 Å². The summed E-state index contributed by atoms with van der Waals surface area (Å²) in [4.78, 5) is 0. The Bertz CT molecular complexity index is 224. The first-order chi connectivity index (χ1) is 4.63. The van der Waals surface area contributed by atoms with Crippen molar-refractivity contribution in [2.24, 2.45) is 0 Å². The second-order valence-electron chi connectivity index (χ2n) is 2.54. The van der Waals surface area contributed by atoms with Gasteiger partial charge in [0.1, 0.15) is 5.82 Å². The molecule has 0 fully saturated rings. The second-order valence-corrected chi connectivity index (χ2v) is 2.54. The molecule has 0 saturated heterocycles. The molecule has 1 rings (SSSR count). The van der Waals surface area contributed by atoms with Crippen LogP contribution in [0.25, 0.3) is 0 Å². The number of hydrogen-bond donors (Lipinski definition) is 0. The SMILES string of the molecule is Cc1[c]cc(C)c(C)c1F. The molecule has 0 atom stereocenters. The van der Waals surface area contributed by atoms with E-state index >= 15 is 0 Å². The van der Waals surface area contributed by atoms with Crippen LogP contribution in [-0.2, 0) is 0 Å². The van der Waals surface area contributed by atoms with Gasteiger partial charge in [-0.05, 0) is 43.5 Å². The fourth-order valence-electron chi connectivity index (χ4n) is 0.842. The van der Waals surface area contributed by atoms with Gasteiger partial charge in [-0.2, -0.15) is 0 Å². The van der Waals surface area contributed by atoms with Crippen LogP contribution >= 0.6 is 0 Å². The first-order valence-corrected chi connectivity index (χ1v) is 3.27. The molecule has 0 amide bonds. The minimum Gasteiger partial charge on any atom is -0.206 e. The summed E-state index contributed by atoms with van der Waals surface area (Å²) in [5.41, 5.74) is 2.29. The van der Waals surface area contributed by atoms with Crippen molar-refractivity contribution in [2.45, 2.75) is 20.8 Å². The summed E-state index contributed by atoms with van der Waals surface area (Å²) in [7, 11) is 0. The van der Waals surface area contributed by atoms with Crippen molar-refractivity contribution in [3.05, 3.63) is 34.6 Å².